The minimum atomic E-state index is 0.737. The molecular formula is C16H31N3. The van der Waals surface area contributed by atoms with Gasteiger partial charge in [0.1, 0.15) is 0 Å². The molecule has 4 rings (SSSR count). The molecule has 0 radical (unpaired) electrons. The monoisotopic (exact) mass is 265 g/mol. The van der Waals surface area contributed by atoms with Crippen molar-refractivity contribution in [1.82, 2.24) is 15.1 Å². The molecule has 0 amide bonds. The van der Waals surface area contributed by atoms with Crippen LogP contribution in [0, 0.1) is 11.8 Å². The second kappa shape index (κ2) is 6.11. The first kappa shape index (κ1) is 13.8. The largest absolute Gasteiger partial charge is 0.312 e. The summed E-state index contributed by atoms with van der Waals surface area (Å²) in [7, 11) is 0. The predicted molar refractivity (Wildman–Crippen MR) is 80.4 cm³/mol. The Balaban J connectivity index is 1.66. The summed E-state index contributed by atoms with van der Waals surface area (Å²) >= 11 is 0. The molecule has 19 heavy (non-hydrogen) atoms. The van der Waals surface area contributed by atoms with E-state index in [4.69, 9.17) is 0 Å². The molecule has 3 aliphatic heterocycles. The molecular weight excluding hydrogens is 234 g/mol. The fourth-order valence-corrected chi connectivity index (χ4v) is 4.50. The number of nitrogens with one attached hydrogen (secondary N) is 1. The maximum atomic E-state index is 3.85. The van der Waals surface area contributed by atoms with Crippen LogP contribution in [0.25, 0.3) is 0 Å². The SMILES string of the molecule is CCNC(C1CCC(C)CC1)C1CN2CCN1CC2. The molecule has 1 aliphatic carbocycles. The first-order valence-electron chi connectivity index (χ1n) is 8.47. The summed E-state index contributed by atoms with van der Waals surface area (Å²) in [4.78, 5) is 5.45. The van der Waals surface area contributed by atoms with Gasteiger partial charge in [-0.1, -0.05) is 26.7 Å². The van der Waals surface area contributed by atoms with Crippen molar-refractivity contribution in [2.45, 2.75) is 51.6 Å². The summed E-state index contributed by atoms with van der Waals surface area (Å²) in [6, 6.07) is 1.52. The average Bonchev–Trinajstić information content (AvgIpc) is 2.47. The Hall–Kier alpha value is -0.120. The molecule has 0 aromatic carbocycles. The lowest BCUT2D eigenvalue weighted by molar-refractivity contribution is -0.0173. The van der Waals surface area contributed by atoms with Crippen molar-refractivity contribution in [3.05, 3.63) is 0 Å². The van der Waals surface area contributed by atoms with Gasteiger partial charge in [-0.05, 0) is 31.2 Å². The molecule has 110 valence electrons. The lowest BCUT2D eigenvalue weighted by Gasteiger charge is -2.52. The highest BCUT2D eigenvalue weighted by Crippen LogP contribution is 2.33. The lowest BCUT2D eigenvalue weighted by atomic mass is 9.76. The van der Waals surface area contributed by atoms with Gasteiger partial charge in [0.2, 0.25) is 0 Å². The average molecular weight is 265 g/mol. The molecule has 2 atom stereocenters. The molecule has 2 unspecified atom stereocenters. The van der Waals surface area contributed by atoms with Gasteiger partial charge in [0.15, 0.2) is 0 Å². The molecule has 1 N–H and O–H groups in total. The third-order valence-electron chi connectivity index (χ3n) is 5.74. The van der Waals surface area contributed by atoms with Crippen molar-refractivity contribution < 1.29 is 0 Å². The predicted octanol–water partition coefficient (Wildman–Crippen LogP) is 1.79. The Morgan fingerprint density at radius 2 is 1.74 bits per heavy atom. The number of fused-ring (bicyclic) bond motifs is 3. The third-order valence-corrected chi connectivity index (χ3v) is 5.74. The van der Waals surface area contributed by atoms with E-state index in [1.165, 1.54) is 58.4 Å². The Morgan fingerprint density at radius 3 is 2.26 bits per heavy atom. The lowest BCUT2D eigenvalue weighted by Crippen LogP contribution is -2.67. The van der Waals surface area contributed by atoms with E-state index in [-0.39, 0.29) is 0 Å². The number of rotatable bonds is 4. The van der Waals surface area contributed by atoms with E-state index in [1.54, 1.807) is 0 Å². The summed E-state index contributed by atoms with van der Waals surface area (Å²) in [5.41, 5.74) is 0. The van der Waals surface area contributed by atoms with E-state index in [0.717, 1.165) is 30.5 Å². The molecule has 3 saturated heterocycles. The van der Waals surface area contributed by atoms with Gasteiger partial charge in [-0.2, -0.15) is 0 Å². The molecule has 3 nitrogen and oxygen atoms in total. The maximum absolute atomic E-state index is 3.85. The fraction of sp³-hybridized carbons (Fsp3) is 1.00. The molecule has 3 heterocycles. The second-order valence-electron chi connectivity index (χ2n) is 7.01. The van der Waals surface area contributed by atoms with Crippen molar-refractivity contribution >= 4 is 0 Å². The topological polar surface area (TPSA) is 18.5 Å². The van der Waals surface area contributed by atoms with E-state index >= 15 is 0 Å². The number of hydrogen-bond donors (Lipinski definition) is 1. The number of piperazine rings is 3. The first-order valence-corrected chi connectivity index (χ1v) is 8.47. The third kappa shape index (κ3) is 2.98. The van der Waals surface area contributed by atoms with Gasteiger partial charge >= 0.3 is 0 Å². The van der Waals surface area contributed by atoms with Crippen molar-refractivity contribution in [2.75, 3.05) is 39.3 Å². The normalized spacial score (nSPS) is 44.2. The van der Waals surface area contributed by atoms with Gasteiger partial charge in [0, 0.05) is 44.8 Å². The van der Waals surface area contributed by atoms with Gasteiger partial charge in [-0.15, -0.1) is 0 Å². The number of likely N-dealkylation sites (N-methyl/N-ethyl adjacent to an activating group) is 1. The summed E-state index contributed by atoms with van der Waals surface area (Å²) in [6.45, 7) is 12.3. The minimum absolute atomic E-state index is 0.737. The highest BCUT2D eigenvalue weighted by Gasteiger charge is 2.40. The molecule has 0 spiro atoms. The van der Waals surface area contributed by atoms with E-state index in [9.17, 15) is 0 Å². The maximum Gasteiger partial charge on any atom is 0.0380 e. The van der Waals surface area contributed by atoms with E-state index in [0.29, 0.717) is 0 Å². The number of nitrogens with zero attached hydrogens (tertiary/aromatic N) is 2. The van der Waals surface area contributed by atoms with Crippen LogP contribution < -0.4 is 5.32 Å². The van der Waals surface area contributed by atoms with Crippen LogP contribution in [-0.2, 0) is 0 Å². The fourth-order valence-electron chi connectivity index (χ4n) is 4.50. The summed E-state index contributed by atoms with van der Waals surface area (Å²) in [5, 5.41) is 3.85. The molecule has 2 bridgehead atoms. The van der Waals surface area contributed by atoms with Gasteiger partial charge in [-0.3, -0.25) is 9.80 Å². The molecule has 4 aliphatic rings. The summed E-state index contributed by atoms with van der Waals surface area (Å²) < 4.78 is 0. The Kier molecular flexibility index (Phi) is 4.45. The molecule has 4 fully saturated rings. The quantitative estimate of drug-likeness (QED) is 0.836. The van der Waals surface area contributed by atoms with Crippen molar-refractivity contribution in [2.24, 2.45) is 11.8 Å². The molecule has 3 heteroatoms. The van der Waals surface area contributed by atoms with Crippen molar-refractivity contribution in [3.8, 4) is 0 Å². The van der Waals surface area contributed by atoms with Crippen LogP contribution in [0.15, 0.2) is 0 Å². The summed E-state index contributed by atoms with van der Waals surface area (Å²) in [6.07, 6.45) is 5.79. The van der Waals surface area contributed by atoms with Gasteiger partial charge in [-0.25, -0.2) is 0 Å². The highest BCUT2D eigenvalue weighted by atomic mass is 15.4. The zero-order chi connectivity index (χ0) is 13.2. The Morgan fingerprint density at radius 1 is 1.05 bits per heavy atom. The van der Waals surface area contributed by atoms with Crippen molar-refractivity contribution in [3.63, 3.8) is 0 Å². The molecule has 1 saturated carbocycles. The van der Waals surface area contributed by atoms with Crippen LogP contribution in [0.1, 0.15) is 39.5 Å². The molecule has 0 aromatic heterocycles. The molecule has 0 aromatic rings. The summed E-state index contributed by atoms with van der Waals surface area (Å²) in [5.74, 6) is 1.88. The van der Waals surface area contributed by atoms with Gasteiger partial charge < -0.3 is 5.32 Å². The Labute approximate surface area is 118 Å². The van der Waals surface area contributed by atoms with Crippen LogP contribution >= 0.6 is 0 Å². The minimum Gasteiger partial charge on any atom is -0.312 e. The number of hydrogen-bond acceptors (Lipinski definition) is 3. The zero-order valence-corrected chi connectivity index (χ0v) is 12.8. The standard InChI is InChI=1S/C16H31N3/c1-3-17-16(14-6-4-13(2)5-7-14)15-12-18-8-10-19(15)11-9-18/h13-17H,3-12H2,1-2H3. The zero-order valence-electron chi connectivity index (χ0n) is 12.8. The van der Waals surface area contributed by atoms with Crippen LogP contribution in [0.3, 0.4) is 0 Å². The second-order valence-corrected chi connectivity index (χ2v) is 7.01. The van der Waals surface area contributed by atoms with E-state index in [1.807, 2.05) is 0 Å². The van der Waals surface area contributed by atoms with Crippen LogP contribution in [-0.4, -0.2) is 61.2 Å². The van der Waals surface area contributed by atoms with Crippen LogP contribution in [0.4, 0.5) is 0 Å². The van der Waals surface area contributed by atoms with E-state index < -0.39 is 0 Å². The Bertz CT molecular complexity index is 278. The first-order chi connectivity index (χ1) is 9.28. The van der Waals surface area contributed by atoms with Crippen LogP contribution in [0.5, 0.6) is 0 Å². The van der Waals surface area contributed by atoms with Gasteiger partial charge in [0.25, 0.3) is 0 Å². The van der Waals surface area contributed by atoms with Gasteiger partial charge in [0.05, 0.1) is 0 Å². The smallest absolute Gasteiger partial charge is 0.0380 e. The highest BCUT2D eigenvalue weighted by molar-refractivity contribution is 4.98. The van der Waals surface area contributed by atoms with E-state index in [2.05, 4.69) is 29.0 Å². The van der Waals surface area contributed by atoms with Crippen molar-refractivity contribution in [1.29, 1.82) is 0 Å². The van der Waals surface area contributed by atoms with Crippen LogP contribution in [0.2, 0.25) is 0 Å².